The molecule has 2 rings (SSSR count). The lowest BCUT2D eigenvalue weighted by Crippen LogP contribution is -2.30. The molecule has 6 heteroatoms. The average Bonchev–Trinajstić information content (AvgIpc) is 2.87. The van der Waals surface area contributed by atoms with Crippen molar-refractivity contribution in [3.8, 4) is 0 Å². The Morgan fingerprint density at radius 1 is 1.53 bits per heavy atom. The van der Waals surface area contributed by atoms with Crippen molar-refractivity contribution in [2.75, 3.05) is 6.54 Å². The van der Waals surface area contributed by atoms with Crippen molar-refractivity contribution < 1.29 is 4.79 Å². The number of carbonyl (C=O) groups is 1. The third kappa shape index (κ3) is 3.54. The fraction of sp³-hybridized carbons (Fsp3) is 0.308. The SMILES string of the molecule is Cc1cc(=O)c(C(=O)NCCCn2cccn2)c[nH]1. The van der Waals surface area contributed by atoms with Gasteiger partial charge in [0.15, 0.2) is 5.43 Å². The molecular weight excluding hydrogens is 244 g/mol. The number of hydrogen-bond donors (Lipinski definition) is 2. The summed E-state index contributed by atoms with van der Waals surface area (Å²) in [6.07, 6.45) is 5.79. The van der Waals surface area contributed by atoms with E-state index in [0.29, 0.717) is 6.54 Å². The van der Waals surface area contributed by atoms with E-state index < -0.39 is 0 Å². The number of aryl methyl sites for hydroxylation is 2. The van der Waals surface area contributed by atoms with Gasteiger partial charge in [0.1, 0.15) is 5.56 Å². The summed E-state index contributed by atoms with van der Waals surface area (Å²) < 4.78 is 1.80. The van der Waals surface area contributed by atoms with Crippen molar-refractivity contribution in [3.05, 3.63) is 52.2 Å². The van der Waals surface area contributed by atoms with E-state index in [0.717, 1.165) is 18.7 Å². The fourth-order valence-electron chi connectivity index (χ4n) is 1.72. The number of pyridine rings is 1. The van der Waals surface area contributed by atoms with Gasteiger partial charge in [0.2, 0.25) is 0 Å². The third-order valence-electron chi connectivity index (χ3n) is 2.71. The largest absolute Gasteiger partial charge is 0.364 e. The van der Waals surface area contributed by atoms with Crippen LogP contribution in [0.25, 0.3) is 0 Å². The Morgan fingerprint density at radius 3 is 3.05 bits per heavy atom. The summed E-state index contributed by atoms with van der Waals surface area (Å²) in [6, 6.07) is 3.27. The molecule has 1 amide bonds. The van der Waals surface area contributed by atoms with Gasteiger partial charge in [-0.25, -0.2) is 0 Å². The van der Waals surface area contributed by atoms with Crippen molar-refractivity contribution in [3.63, 3.8) is 0 Å². The molecule has 100 valence electrons. The molecular formula is C13H16N4O2. The molecule has 0 aliphatic heterocycles. The first kappa shape index (κ1) is 13.1. The van der Waals surface area contributed by atoms with Crippen molar-refractivity contribution in [1.82, 2.24) is 20.1 Å². The van der Waals surface area contributed by atoms with E-state index in [1.165, 1.54) is 12.3 Å². The Morgan fingerprint density at radius 2 is 2.37 bits per heavy atom. The number of nitrogens with zero attached hydrogens (tertiary/aromatic N) is 2. The van der Waals surface area contributed by atoms with Crippen molar-refractivity contribution >= 4 is 5.91 Å². The van der Waals surface area contributed by atoms with Gasteiger partial charge < -0.3 is 10.3 Å². The number of aromatic amines is 1. The molecule has 6 nitrogen and oxygen atoms in total. The Kier molecular flexibility index (Phi) is 4.12. The third-order valence-corrected chi connectivity index (χ3v) is 2.71. The number of rotatable bonds is 5. The van der Waals surface area contributed by atoms with E-state index in [4.69, 9.17) is 0 Å². The predicted molar refractivity (Wildman–Crippen MR) is 71.0 cm³/mol. The molecule has 0 aromatic carbocycles. The van der Waals surface area contributed by atoms with Gasteiger partial charge in [-0.05, 0) is 19.4 Å². The second-order valence-corrected chi connectivity index (χ2v) is 4.27. The molecule has 2 N–H and O–H groups in total. The molecule has 0 saturated heterocycles. The first-order chi connectivity index (χ1) is 9.16. The highest BCUT2D eigenvalue weighted by Crippen LogP contribution is 1.93. The molecule has 0 atom stereocenters. The monoisotopic (exact) mass is 260 g/mol. The molecule has 0 saturated carbocycles. The smallest absolute Gasteiger partial charge is 0.256 e. The molecule has 0 aliphatic rings. The minimum Gasteiger partial charge on any atom is -0.364 e. The summed E-state index contributed by atoms with van der Waals surface area (Å²) in [4.78, 5) is 26.3. The van der Waals surface area contributed by atoms with Gasteiger partial charge in [-0.1, -0.05) is 0 Å². The minimum absolute atomic E-state index is 0.143. The van der Waals surface area contributed by atoms with Crippen LogP contribution < -0.4 is 10.7 Å². The Labute approximate surface area is 110 Å². The second kappa shape index (κ2) is 5.99. The second-order valence-electron chi connectivity index (χ2n) is 4.27. The lowest BCUT2D eigenvalue weighted by atomic mass is 10.2. The maximum Gasteiger partial charge on any atom is 0.256 e. The number of carbonyl (C=O) groups excluding carboxylic acids is 1. The molecule has 2 aromatic rings. The minimum atomic E-state index is -0.346. The van der Waals surface area contributed by atoms with Crippen LogP contribution in [0.2, 0.25) is 0 Å². The molecule has 0 radical (unpaired) electrons. The Hall–Kier alpha value is -2.37. The van der Waals surface area contributed by atoms with Gasteiger partial charge in [0.05, 0.1) is 0 Å². The first-order valence-electron chi connectivity index (χ1n) is 6.12. The van der Waals surface area contributed by atoms with Crippen LogP contribution in [0.15, 0.2) is 35.5 Å². The molecule has 19 heavy (non-hydrogen) atoms. The van der Waals surface area contributed by atoms with Gasteiger partial charge in [-0.15, -0.1) is 0 Å². The summed E-state index contributed by atoms with van der Waals surface area (Å²) in [5.41, 5.74) is 0.616. The summed E-state index contributed by atoms with van der Waals surface area (Å²) in [5.74, 6) is -0.346. The lowest BCUT2D eigenvalue weighted by molar-refractivity contribution is 0.0951. The zero-order valence-corrected chi connectivity index (χ0v) is 10.7. The van der Waals surface area contributed by atoms with E-state index >= 15 is 0 Å². The van der Waals surface area contributed by atoms with Crippen LogP contribution in [-0.4, -0.2) is 27.2 Å². The van der Waals surface area contributed by atoms with Crippen LogP contribution in [0.1, 0.15) is 22.5 Å². The Bertz CT molecular complexity index is 601. The van der Waals surface area contributed by atoms with E-state index in [2.05, 4.69) is 15.4 Å². The van der Waals surface area contributed by atoms with Crippen LogP contribution in [0.3, 0.4) is 0 Å². The number of hydrogen-bond acceptors (Lipinski definition) is 3. The standard InChI is InChI=1S/C13H16N4O2/c1-10-8-12(18)11(9-15-10)13(19)14-4-2-6-17-7-3-5-16-17/h3,5,7-9H,2,4,6H2,1H3,(H,14,19)(H,15,18). The molecule has 0 aliphatic carbocycles. The summed E-state index contributed by atoms with van der Waals surface area (Å²) in [7, 11) is 0. The van der Waals surface area contributed by atoms with E-state index in [1.54, 1.807) is 17.8 Å². The van der Waals surface area contributed by atoms with Gasteiger partial charge in [-0.2, -0.15) is 5.10 Å². The highest BCUT2D eigenvalue weighted by Gasteiger charge is 2.09. The van der Waals surface area contributed by atoms with Crippen molar-refractivity contribution in [2.45, 2.75) is 19.9 Å². The topological polar surface area (TPSA) is 79.8 Å². The fourth-order valence-corrected chi connectivity index (χ4v) is 1.72. The van der Waals surface area contributed by atoms with E-state index in [9.17, 15) is 9.59 Å². The van der Waals surface area contributed by atoms with Gasteiger partial charge in [0.25, 0.3) is 5.91 Å². The van der Waals surface area contributed by atoms with Gasteiger partial charge >= 0.3 is 0 Å². The summed E-state index contributed by atoms with van der Waals surface area (Å²) in [6.45, 7) is 3.01. The average molecular weight is 260 g/mol. The molecule has 0 spiro atoms. The molecule has 2 heterocycles. The van der Waals surface area contributed by atoms with Crippen molar-refractivity contribution in [1.29, 1.82) is 0 Å². The first-order valence-corrected chi connectivity index (χ1v) is 6.12. The predicted octanol–water partition coefficient (Wildman–Crippen LogP) is 0.700. The molecule has 2 aromatic heterocycles. The highest BCUT2D eigenvalue weighted by atomic mass is 16.2. The van der Waals surface area contributed by atoms with Crippen LogP contribution in [0.5, 0.6) is 0 Å². The van der Waals surface area contributed by atoms with Crippen LogP contribution in [0, 0.1) is 6.92 Å². The number of aromatic nitrogens is 3. The van der Waals surface area contributed by atoms with Crippen LogP contribution >= 0.6 is 0 Å². The molecule has 0 bridgehead atoms. The van der Waals surface area contributed by atoms with Crippen LogP contribution in [0.4, 0.5) is 0 Å². The summed E-state index contributed by atoms with van der Waals surface area (Å²) >= 11 is 0. The molecule has 0 unspecified atom stereocenters. The van der Waals surface area contributed by atoms with Gasteiger partial charge in [0, 0.05) is 43.4 Å². The molecule has 0 fully saturated rings. The zero-order chi connectivity index (χ0) is 13.7. The number of H-pyrrole nitrogens is 1. The summed E-state index contributed by atoms with van der Waals surface area (Å²) in [5, 5.41) is 6.79. The van der Waals surface area contributed by atoms with Crippen molar-refractivity contribution in [2.24, 2.45) is 0 Å². The maximum atomic E-state index is 11.8. The lowest BCUT2D eigenvalue weighted by Gasteiger charge is -2.05. The highest BCUT2D eigenvalue weighted by molar-refractivity contribution is 5.93. The van der Waals surface area contributed by atoms with E-state index in [1.807, 2.05) is 12.3 Å². The van der Waals surface area contributed by atoms with Crippen LogP contribution in [-0.2, 0) is 6.54 Å². The van der Waals surface area contributed by atoms with Gasteiger partial charge in [-0.3, -0.25) is 14.3 Å². The quantitative estimate of drug-likeness (QED) is 0.777. The normalized spacial score (nSPS) is 10.4. The zero-order valence-electron chi connectivity index (χ0n) is 10.7. The number of amides is 1. The van der Waals surface area contributed by atoms with E-state index in [-0.39, 0.29) is 16.9 Å². The Balaban J connectivity index is 1.82. The maximum absolute atomic E-state index is 11.8. The number of nitrogens with one attached hydrogen (secondary N) is 2.